The molecule has 1 aromatic rings. The highest BCUT2D eigenvalue weighted by atomic mass is 16.6. The molecule has 2 aliphatic rings. The number of carbonyl (C=O) groups excluding carboxylic acids is 4. The number of ether oxygens (including phenoxy) is 4. The van der Waals surface area contributed by atoms with E-state index < -0.39 is 47.8 Å². The normalized spacial score (nSPS) is 28.4. The van der Waals surface area contributed by atoms with Crippen molar-refractivity contribution in [2.24, 2.45) is 5.92 Å². The standard InChI is InChI=1S/C25H30O10/c1-12(2)15-7-19(32-13(3)26)17-9-16(34-24(17)29)11-25(5,30)22(33-14(4)27)21-10-18(23(28)31-6)20(8-15)35-21/h9-10,15-16,19,22,30H,1,7-8,11H2,2-6H3/t15-,16+,19-,22+,25+/m1/s1. The first-order valence-corrected chi connectivity index (χ1v) is 11.2. The first kappa shape index (κ1) is 26.2. The van der Waals surface area contributed by atoms with Crippen LogP contribution >= 0.6 is 0 Å². The molecule has 0 saturated heterocycles. The van der Waals surface area contributed by atoms with Gasteiger partial charge in [-0.1, -0.05) is 12.2 Å². The van der Waals surface area contributed by atoms with Crippen molar-refractivity contribution in [1.29, 1.82) is 0 Å². The van der Waals surface area contributed by atoms with Crippen LogP contribution in [-0.2, 0) is 39.8 Å². The van der Waals surface area contributed by atoms with Gasteiger partial charge in [-0.15, -0.1) is 0 Å². The maximum atomic E-state index is 12.7. The van der Waals surface area contributed by atoms with Gasteiger partial charge in [-0.2, -0.15) is 0 Å². The first-order valence-electron chi connectivity index (χ1n) is 11.2. The molecule has 3 rings (SSSR count). The highest BCUT2D eigenvalue weighted by Gasteiger charge is 2.45. The molecule has 190 valence electrons. The molecule has 3 heterocycles. The second-order valence-corrected chi connectivity index (χ2v) is 9.17. The summed E-state index contributed by atoms with van der Waals surface area (Å²) in [7, 11) is 1.22. The zero-order valence-corrected chi connectivity index (χ0v) is 20.4. The van der Waals surface area contributed by atoms with E-state index in [0.717, 1.165) is 0 Å². The number of fused-ring (bicyclic) bond motifs is 3. The van der Waals surface area contributed by atoms with Gasteiger partial charge in [0.2, 0.25) is 0 Å². The van der Waals surface area contributed by atoms with Crippen LogP contribution in [0.25, 0.3) is 0 Å². The summed E-state index contributed by atoms with van der Waals surface area (Å²) in [4.78, 5) is 49.0. The molecule has 0 fully saturated rings. The number of esters is 4. The Kier molecular flexibility index (Phi) is 7.54. The SMILES string of the molecule is C=C(C)[C@H]1Cc2oc(cc2C(=O)OC)[C@H](OC(C)=O)[C@@](C)(O)C[C@@H]2C=C(C(=O)O2)[C@H](OC(C)=O)C1. The molecule has 4 bridgehead atoms. The molecule has 1 aromatic heterocycles. The summed E-state index contributed by atoms with van der Waals surface area (Å²) in [6.45, 7) is 9.60. The molecule has 0 aliphatic carbocycles. The molecule has 5 atom stereocenters. The van der Waals surface area contributed by atoms with Crippen molar-refractivity contribution in [3.05, 3.63) is 47.0 Å². The first-order chi connectivity index (χ1) is 16.3. The van der Waals surface area contributed by atoms with Gasteiger partial charge < -0.3 is 28.5 Å². The fourth-order valence-electron chi connectivity index (χ4n) is 4.41. The third-order valence-corrected chi connectivity index (χ3v) is 6.10. The number of aliphatic hydroxyl groups is 1. The van der Waals surface area contributed by atoms with Gasteiger partial charge in [0.05, 0.1) is 12.7 Å². The third-order valence-electron chi connectivity index (χ3n) is 6.10. The second kappa shape index (κ2) is 10.1. The van der Waals surface area contributed by atoms with Gasteiger partial charge in [-0.25, -0.2) is 9.59 Å². The minimum atomic E-state index is -1.77. The molecule has 0 radical (unpaired) electrons. The molecule has 0 aromatic carbocycles. The highest BCUT2D eigenvalue weighted by molar-refractivity contribution is 5.92. The molecule has 2 aliphatic heterocycles. The fraction of sp³-hybridized carbons (Fsp3) is 0.520. The molecule has 0 unspecified atom stereocenters. The average molecular weight is 491 g/mol. The molecule has 10 heteroatoms. The Balaban J connectivity index is 2.20. The number of rotatable bonds is 4. The number of allylic oxidation sites excluding steroid dienone is 1. The van der Waals surface area contributed by atoms with Gasteiger partial charge in [-0.05, 0) is 38.3 Å². The quantitative estimate of drug-likeness (QED) is 0.381. The lowest BCUT2D eigenvalue weighted by Crippen LogP contribution is -2.38. The predicted molar refractivity (Wildman–Crippen MR) is 120 cm³/mol. The van der Waals surface area contributed by atoms with E-state index in [0.29, 0.717) is 5.57 Å². The Morgan fingerprint density at radius 1 is 1.17 bits per heavy atom. The number of carbonyl (C=O) groups is 4. The molecule has 35 heavy (non-hydrogen) atoms. The van der Waals surface area contributed by atoms with Gasteiger partial charge in [0.1, 0.15) is 34.9 Å². The summed E-state index contributed by atoms with van der Waals surface area (Å²) in [6.07, 6.45) is -1.50. The zero-order chi connectivity index (χ0) is 26.1. The lowest BCUT2D eigenvalue weighted by Gasteiger charge is -2.32. The lowest BCUT2D eigenvalue weighted by molar-refractivity contribution is -0.170. The number of methoxy groups -OCH3 is 1. The Labute approximate surface area is 202 Å². The smallest absolute Gasteiger partial charge is 0.341 e. The number of hydrogen-bond donors (Lipinski definition) is 1. The van der Waals surface area contributed by atoms with E-state index in [4.69, 9.17) is 23.4 Å². The van der Waals surface area contributed by atoms with Crippen LogP contribution in [0.1, 0.15) is 68.5 Å². The minimum absolute atomic E-state index is 0.0328. The predicted octanol–water partition coefficient (Wildman–Crippen LogP) is 2.73. The Bertz CT molecular complexity index is 1080. The molecular weight excluding hydrogens is 460 g/mol. The Hall–Kier alpha value is -3.40. The van der Waals surface area contributed by atoms with Crippen LogP contribution in [0.2, 0.25) is 0 Å². The van der Waals surface area contributed by atoms with Gasteiger partial charge in [0, 0.05) is 26.7 Å². The van der Waals surface area contributed by atoms with E-state index in [-0.39, 0.29) is 47.8 Å². The van der Waals surface area contributed by atoms with Crippen LogP contribution in [-0.4, -0.2) is 53.9 Å². The summed E-state index contributed by atoms with van der Waals surface area (Å²) in [5, 5.41) is 11.3. The van der Waals surface area contributed by atoms with Gasteiger partial charge >= 0.3 is 23.9 Å². The van der Waals surface area contributed by atoms with Crippen LogP contribution in [0, 0.1) is 5.92 Å². The van der Waals surface area contributed by atoms with Crippen molar-refractivity contribution in [2.45, 2.75) is 70.9 Å². The molecule has 0 saturated carbocycles. The fourth-order valence-corrected chi connectivity index (χ4v) is 4.41. The second-order valence-electron chi connectivity index (χ2n) is 9.17. The largest absolute Gasteiger partial charge is 0.465 e. The van der Waals surface area contributed by atoms with Crippen LogP contribution in [0.5, 0.6) is 0 Å². The topological polar surface area (TPSA) is 139 Å². The van der Waals surface area contributed by atoms with Crippen molar-refractivity contribution in [3.8, 4) is 0 Å². The minimum Gasteiger partial charge on any atom is -0.465 e. The van der Waals surface area contributed by atoms with Crippen molar-refractivity contribution in [2.75, 3.05) is 7.11 Å². The maximum absolute atomic E-state index is 12.7. The summed E-state index contributed by atoms with van der Waals surface area (Å²) in [5.41, 5.74) is -0.845. The van der Waals surface area contributed by atoms with Gasteiger partial charge in [-0.3, -0.25) is 9.59 Å². The molecule has 0 amide bonds. The number of furan rings is 1. The van der Waals surface area contributed by atoms with Crippen LogP contribution in [0.4, 0.5) is 0 Å². The Morgan fingerprint density at radius 3 is 2.40 bits per heavy atom. The van der Waals surface area contributed by atoms with Crippen molar-refractivity contribution in [3.63, 3.8) is 0 Å². The van der Waals surface area contributed by atoms with Crippen molar-refractivity contribution < 1.29 is 47.6 Å². The summed E-state index contributed by atoms with van der Waals surface area (Å²) >= 11 is 0. The van der Waals surface area contributed by atoms with E-state index >= 15 is 0 Å². The summed E-state index contributed by atoms with van der Waals surface area (Å²) in [6, 6.07) is 1.37. The van der Waals surface area contributed by atoms with E-state index in [2.05, 4.69) is 6.58 Å². The molecule has 1 N–H and O–H groups in total. The van der Waals surface area contributed by atoms with E-state index in [9.17, 15) is 24.3 Å². The molecule has 0 spiro atoms. The van der Waals surface area contributed by atoms with Gasteiger partial charge in [0.15, 0.2) is 6.10 Å². The summed E-state index contributed by atoms with van der Waals surface area (Å²) in [5.74, 6) is -2.77. The van der Waals surface area contributed by atoms with Crippen LogP contribution in [0.15, 0.2) is 34.3 Å². The van der Waals surface area contributed by atoms with Crippen LogP contribution < -0.4 is 0 Å². The zero-order valence-electron chi connectivity index (χ0n) is 20.4. The van der Waals surface area contributed by atoms with Gasteiger partial charge in [0.25, 0.3) is 0 Å². The number of hydrogen-bond acceptors (Lipinski definition) is 10. The maximum Gasteiger partial charge on any atom is 0.341 e. The van der Waals surface area contributed by atoms with E-state index in [1.165, 1.54) is 40.0 Å². The summed E-state index contributed by atoms with van der Waals surface area (Å²) < 4.78 is 27.2. The van der Waals surface area contributed by atoms with Crippen molar-refractivity contribution in [1.82, 2.24) is 0 Å². The average Bonchev–Trinajstić information content (AvgIpc) is 3.31. The third kappa shape index (κ3) is 5.82. The highest BCUT2D eigenvalue weighted by Crippen LogP contribution is 2.40. The van der Waals surface area contributed by atoms with Crippen molar-refractivity contribution >= 4 is 23.9 Å². The van der Waals surface area contributed by atoms with E-state index in [1.807, 2.05) is 0 Å². The van der Waals surface area contributed by atoms with Crippen LogP contribution in [0.3, 0.4) is 0 Å². The monoisotopic (exact) mass is 490 g/mol. The molecular formula is C25H30O10. The lowest BCUT2D eigenvalue weighted by atomic mass is 9.86. The Morgan fingerprint density at radius 2 is 1.83 bits per heavy atom. The van der Waals surface area contributed by atoms with E-state index in [1.54, 1.807) is 6.92 Å². The molecule has 10 nitrogen and oxygen atoms in total.